The van der Waals surface area contributed by atoms with Gasteiger partial charge in [-0.1, -0.05) is 5.16 Å². The Morgan fingerprint density at radius 1 is 1.44 bits per heavy atom. The van der Waals surface area contributed by atoms with Crippen LogP contribution >= 0.6 is 0 Å². The Balaban J connectivity index is 2.27. The van der Waals surface area contributed by atoms with E-state index in [4.69, 9.17) is 9.78 Å². The third-order valence-corrected chi connectivity index (χ3v) is 2.34. The van der Waals surface area contributed by atoms with Crippen LogP contribution < -0.4 is 0 Å². The van der Waals surface area contributed by atoms with Gasteiger partial charge in [0.15, 0.2) is 5.82 Å². The smallest absolute Gasteiger partial charge is 0.157 e. The third kappa shape index (κ3) is 1.77. The highest BCUT2D eigenvalue weighted by Crippen LogP contribution is 2.15. The molecule has 82 valence electrons. The molecule has 0 radical (unpaired) electrons. The van der Waals surface area contributed by atoms with E-state index in [1.807, 2.05) is 19.9 Å². The number of hydrogen-bond donors (Lipinski definition) is 0. The van der Waals surface area contributed by atoms with Crippen molar-refractivity contribution < 1.29 is 4.52 Å². The predicted octanol–water partition coefficient (Wildman–Crippen LogP) is 0.392. The molecule has 0 fully saturated rings. The molecule has 0 unspecified atom stereocenters. The number of aryl methyl sites for hydroxylation is 2. The van der Waals surface area contributed by atoms with Gasteiger partial charge in [-0.3, -0.25) is 0 Å². The minimum atomic E-state index is 0.145. The van der Waals surface area contributed by atoms with Crippen molar-refractivity contribution in [2.45, 2.75) is 26.8 Å². The molecule has 0 aliphatic rings. The van der Waals surface area contributed by atoms with Crippen LogP contribution in [0.4, 0.5) is 0 Å². The summed E-state index contributed by atoms with van der Waals surface area (Å²) in [6.45, 7) is 3.85. The second-order valence-electron chi connectivity index (χ2n) is 3.39. The fourth-order valence-corrected chi connectivity index (χ4v) is 1.45. The fraction of sp³-hybridized carbons (Fsp3) is 0.444. The first-order chi connectivity index (χ1) is 7.72. The van der Waals surface area contributed by atoms with E-state index in [1.165, 1.54) is 4.68 Å². The number of nitrogens with zero attached hydrogens (tertiary/aromatic N) is 6. The number of hydrogen-bond acceptors (Lipinski definition) is 6. The lowest BCUT2D eigenvalue weighted by Crippen LogP contribution is -2.06. The maximum Gasteiger partial charge on any atom is 0.157 e. The van der Waals surface area contributed by atoms with Gasteiger partial charge in [-0.05, 0) is 24.3 Å². The summed E-state index contributed by atoms with van der Waals surface area (Å²) in [6.07, 6.45) is 0.524. The van der Waals surface area contributed by atoms with Crippen LogP contribution in [0.3, 0.4) is 0 Å². The normalized spacial score (nSPS) is 10.3. The molecule has 0 saturated heterocycles. The summed E-state index contributed by atoms with van der Waals surface area (Å²) in [6, 6.07) is 2.00. The molecule has 0 spiro atoms. The Labute approximate surface area is 91.7 Å². The van der Waals surface area contributed by atoms with Crippen LogP contribution in [0.5, 0.6) is 0 Å². The second-order valence-corrected chi connectivity index (χ2v) is 3.39. The number of nitriles is 1. The molecule has 2 aromatic rings. The van der Waals surface area contributed by atoms with E-state index in [-0.39, 0.29) is 6.54 Å². The maximum atomic E-state index is 8.60. The van der Waals surface area contributed by atoms with Crippen molar-refractivity contribution in [2.24, 2.45) is 0 Å². The van der Waals surface area contributed by atoms with Crippen LogP contribution in [0.25, 0.3) is 0 Å². The molecule has 2 aromatic heterocycles. The molecule has 16 heavy (non-hydrogen) atoms. The number of tetrazole rings is 1. The minimum Gasteiger partial charge on any atom is -0.361 e. The van der Waals surface area contributed by atoms with E-state index >= 15 is 0 Å². The van der Waals surface area contributed by atoms with Crippen LogP contribution in [-0.4, -0.2) is 25.4 Å². The van der Waals surface area contributed by atoms with Gasteiger partial charge in [0, 0.05) is 12.0 Å². The van der Waals surface area contributed by atoms with E-state index in [1.54, 1.807) is 0 Å². The van der Waals surface area contributed by atoms with Crippen molar-refractivity contribution in [1.82, 2.24) is 25.4 Å². The summed E-state index contributed by atoms with van der Waals surface area (Å²) in [5, 5.41) is 23.6. The molecule has 0 N–H and O–H groups in total. The van der Waals surface area contributed by atoms with Gasteiger partial charge in [-0.25, -0.2) is 4.68 Å². The van der Waals surface area contributed by atoms with Crippen molar-refractivity contribution in [2.75, 3.05) is 0 Å². The molecule has 0 aromatic carbocycles. The summed E-state index contributed by atoms with van der Waals surface area (Å²) >= 11 is 0. The highest BCUT2D eigenvalue weighted by molar-refractivity contribution is 5.24. The van der Waals surface area contributed by atoms with Crippen LogP contribution in [0, 0.1) is 25.2 Å². The first kappa shape index (κ1) is 10.3. The standard InChI is InChI=1S/C9H10N6O/c1-6-8(7(2)16-12-6)5-9-11-13-14-15(9)4-3-10/h4-5H2,1-2H3. The Hall–Kier alpha value is -2.23. The summed E-state index contributed by atoms with van der Waals surface area (Å²) in [5.74, 6) is 1.39. The predicted molar refractivity (Wildman–Crippen MR) is 52.2 cm³/mol. The van der Waals surface area contributed by atoms with Gasteiger partial charge in [0.05, 0.1) is 11.8 Å². The Morgan fingerprint density at radius 3 is 2.88 bits per heavy atom. The lowest BCUT2D eigenvalue weighted by molar-refractivity contribution is 0.392. The molecule has 0 atom stereocenters. The van der Waals surface area contributed by atoms with Gasteiger partial charge in [0.1, 0.15) is 12.3 Å². The summed E-state index contributed by atoms with van der Waals surface area (Å²) < 4.78 is 6.52. The summed E-state index contributed by atoms with van der Waals surface area (Å²) in [7, 11) is 0. The molecule has 0 aliphatic carbocycles. The van der Waals surface area contributed by atoms with Crippen molar-refractivity contribution in [3.05, 3.63) is 22.8 Å². The zero-order chi connectivity index (χ0) is 11.5. The molecule has 0 aliphatic heterocycles. The van der Waals surface area contributed by atoms with Crippen molar-refractivity contribution in [3.63, 3.8) is 0 Å². The second kappa shape index (κ2) is 4.10. The highest BCUT2D eigenvalue weighted by atomic mass is 16.5. The van der Waals surface area contributed by atoms with Crippen LogP contribution in [0.1, 0.15) is 22.8 Å². The topological polar surface area (TPSA) is 93.4 Å². The molecule has 0 bridgehead atoms. The van der Waals surface area contributed by atoms with Crippen molar-refractivity contribution in [1.29, 1.82) is 5.26 Å². The molecule has 2 rings (SSSR count). The largest absolute Gasteiger partial charge is 0.361 e. The highest BCUT2D eigenvalue weighted by Gasteiger charge is 2.14. The Kier molecular flexibility index (Phi) is 2.64. The first-order valence-electron chi connectivity index (χ1n) is 4.76. The van der Waals surface area contributed by atoms with Gasteiger partial charge in [0.2, 0.25) is 0 Å². The van der Waals surface area contributed by atoms with Gasteiger partial charge in [-0.15, -0.1) is 5.10 Å². The Bertz CT molecular complexity index is 515. The quantitative estimate of drug-likeness (QED) is 0.739. The molecule has 2 heterocycles. The maximum absolute atomic E-state index is 8.60. The third-order valence-electron chi connectivity index (χ3n) is 2.34. The fourth-order valence-electron chi connectivity index (χ4n) is 1.45. The van der Waals surface area contributed by atoms with E-state index in [0.29, 0.717) is 12.2 Å². The molecular weight excluding hydrogens is 208 g/mol. The van der Waals surface area contributed by atoms with E-state index < -0.39 is 0 Å². The van der Waals surface area contributed by atoms with Gasteiger partial charge in [0.25, 0.3) is 0 Å². The van der Waals surface area contributed by atoms with Gasteiger partial charge < -0.3 is 4.52 Å². The average molecular weight is 218 g/mol. The number of aromatic nitrogens is 5. The zero-order valence-electron chi connectivity index (χ0n) is 9.01. The minimum absolute atomic E-state index is 0.145. The molecule has 0 saturated carbocycles. The first-order valence-corrected chi connectivity index (χ1v) is 4.76. The SMILES string of the molecule is Cc1noc(C)c1Cc1nnnn1CC#N. The lowest BCUT2D eigenvalue weighted by Gasteiger charge is -1.99. The van der Waals surface area contributed by atoms with Crippen LogP contribution in [0.2, 0.25) is 0 Å². The van der Waals surface area contributed by atoms with Crippen LogP contribution in [-0.2, 0) is 13.0 Å². The lowest BCUT2D eigenvalue weighted by atomic mass is 10.1. The zero-order valence-corrected chi connectivity index (χ0v) is 9.01. The molecule has 7 heteroatoms. The van der Waals surface area contributed by atoms with Crippen LogP contribution in [0.15, 0.2) is 4.52 Å². The molecular formula is C9H10N6O. The van der Waals surface area contributed by atoms with Crippen molar-refractivity contribution >= 4 is 0 Å². The van der Waals surface area contributed by atoms with Crippen molar-refractivity contribution in [3.8, 4) is 6.07 Å². The van der Waals surface area contributed by atoms with Gasteiger partial charge in [-0.2, -0.15) is 5.26 Å². The van der Waals surface area contributed by atoms with E-state index in [2.05, 4.69) is 20.7 Å². The van der Waals surface area contributed by atoms with E-state index in [0.717, 1.165) is 17.0 Å². The summed E-state index contributed by atoms with van der Waals surface area (Å²) in [4.78, 5) is 0. The Morgan fingerprint density at radius 2 is 2.25 bits per heavy atom. The average Bonchev–Trinajstić information content (AvgIpc) is 2.81. The van der Waals surface area contributed by atoms with E-state index in [9.17, 15) is 0 Å². The molecule has 0 amide bonds. The van der Waals surface area contributed by atoms with Gasteiger partial charge >= 0.3 is 0 Å². The number of rotatable bonds is 3. The monoisotopic (exact) mass is 218 g/mol. The molecule has 7 nitrogen and oxygen atoms in total. The summed E-state index contributed by atoms with van der Waals surface area (Å²) in [5.41, 5.74) is 1.79.